The largest absolute Gasteiger partial charge is 0.337 e. The number of thiophene rings is 1. The normalized spacial score (nSPS) is 14.5. The molecular formula is C23H29Cl2N5OS. The van der Waals surface area contributed by atoms with Gasteiger partial charge in [0.1, 0.15) is 5.69 Å². The average Bonchev–Trinajstić information content (AvgIpc) is 3.39. The number of fused-ring (bicyclic) bond motifs is 5. The van der Waals surface area contributed by atoms with Crippen molar-refractivity contribution in [1.29, 1.82) is 0 Å². The number of carbonyl (C=O) groups excluding carboxylic acids is 1. The summed E-state index contributed by atoms with van der Waals surface area (Å²) < 4.78 is 1.96. The van der Waals surface area contributed by atoms with Crippen LogP contribution in [0.5, 0.6) is 0 Å². The van der Waals surface area contributed by atoms with Crippen LogP contribution in [0.1, 0.15) is 39.3 Å². The van der Waals surface area contributed by atoms with Gasteiger partial charge in [-0.3, -0.25) is 14.5 Å². The van der Waals surface area contributed by atoms with E-state index in [4.69, 9.17) is 5.10 Å². The smallest absolute Gasteiger partial charge is 0.272 e. The molecule has 0 atom stereocenters. The first kappa shape index (κ1) is 24.7. The fourth-order valence-corrected chi connectivity index (χ4v) is 5.24. The van der Waals surface area contributed by atoms with E-state index in [9.17, 15) is 4.79 Å². The quantitative estimate of drug-likeness (QED) is 0.504. The standard InChI is InChI=1S/C23H27N5OS.2ClH/c29-23-22-20-6-5-17-16-25-11-8-19(17)21(20)26-28(22)14-3-13-27(23)12-2-9-24-10-7-18-4-1-15-30-18;;/h1,4,8,11,15-16,24H,2-3,5-7,9-10,12-14H2;2*1H. The number of nitrogens with one attached hydrogen (secondary N) is 1. The Morgan fingerprint density at radius 3 is 2.88 bits per heavy atom. The van der Waals surface area contributed by atoms with Crippen LogP contribution in [0.2, 0.25) is 0 Å². The van der Waals surface area contributed by atoms with E-state index in [0.717, 1.165) is 87.3 Å². The third kappa shape index (κ3) is 5.01. The predicted molar refractivity (Wildman–Crippen MR) is 133 cm³/mol. The van der Waals surface area contributed by atoms with Gasteiger partial charge in [-0.15, -0.1) is 36.2 Å². The summed E-state index contributed by atoms with van der Waals surface area (Å²) >= 11 is 1.81. The van der Waals surface area contributed by atoms with Gasteiger partial charge in [0.2, 0.25) is 0 Å². The number of halogens is 2. The lowest BCUT2D eigenvalue weighted by molar-refractivity contribution is 0.0754. The van der Waals surface area contributed by atoms with Gasteiger partial charge >= 0.3 is 0 Å². The van der Waals surface area contributed by atoms with Crippen LogP contribution in [0, 0.1) is 0 Å². The van der Waals surface area contributed by atoms with Crippen molar-refractivity contribution in [3.8, 4) is 11.3 Å². The van der Waals surface area contributed by atoms with Crippen LogP contribution in [-0.4, -0.2) is 51.8 Å². The average molecular weight is 494 g/mol. The Morgan fingerprint density at radius 1 is 1.12 bits per heavy atom. The van der Waals surface area contributed by atoms with Crippen molar-refractivity contribution < 1.29 is 4.79 Å². The van der Waals surface area contributed by atoms with E-state index in [0.29, 0.717) is 0 Å². The highest BCUT2D eigenvalue weighted by atomic mass is 35.5. The summed E-state index contributed by atoms with van der Waals surface area (Å²) in [4.78, 5) is 21.1. The Kier molecular flexibility index (Phi) is 8.71. The molecule has 0 spiro atoms. The highest BCUT2D eigenvalue weighted by molar-refractivity contribution is 7.09. The fourth-order valence-electron chi connectivity index (χ4n) is 4.53. The molecule has 0 radical (unpaired) electrons. The second-order valence-electron chi connectivity index (χ2n) is 8.01. The summed E-state index contributed by atoms with van der Waals surface area (Å²) in [7, 11) is 0. The molecule has 1 amide bonds. The van der Waals surface area contributed by atoms with Gasteiger partial charge in [0.05, 0.1) is 5.69 Å². The van der Waals surface area contributed by atoms with Crippen molar-refractivity contribution in [3.05, 3.63) is 57.7 Å². The molecule has 1 N–H and O–H groups in total. The Morgan fingerprint density at radius 2 is 2.03 bits per heavy atom. The second-order valence-corrected chi connectivity index (χ2v) is 9.04. The van der Waals surface area contributed by atoms with Gasteiger partial charge in [-0.05, 0) is 68.3 Å². The topological polar surface area (TPSA) is 63.1 Å². The van der Waals surface area contributed by atoms with Crippen LogP contribution in [0.4, 0.5) is 0 Å². The third-order valence-corrected chi connectivity index (χ3v) is 6.99. The number of aromatic nitrogens is 3. The first-order valence-corrected chi connectivity index (χ1v) is 11.7. The Labute approximate surface area is 205 Å². The lowest BCUT2D eigenvalue weighted by Crippen LogP contribution is -2.34. The van der Waals surface area contributed by atoms with Crippen LogP contribution in [0.25, 0.3) is 11.3 Å². The summed E-state index contributed by atoms with van der Waals surface area (Å²) in [5, 5.41) is 10.5. The first-order valence-electron chi connectivity index (χ1n) is 10.9. The zero-order valence-electron chi connectivity index (χ0n) is 18.0. The summed E-state index contributed by atoms with van der Waals surface area (Å²) in [6, 6.07) is 6.31. The molecule has 0 unspecified atom stereocenters. The molecule has 2 aliphatic rings. The maximum Gasteiger partial charge on any atom is 0.272 e. The minimum atomic E-state index is 0. The van der Waals surface area contributed by atoms with Crippen molar-refractivity contribution in [2.75, 3.05) is 26.2 Å². The van der Waals surface area contributed by atoms with Crippen molar-refractivity contribution in [2.24, 2.45) is 0 Å². The van der Waals surface area contributed by atoms with Crippen LogP contribution < -0.4 is 5.32 Å². The summed E-state index contributed by atoms with van der Waals surface area (Å²) in [5.41, 5.74) is 5.30. The molecule has 3 aromatic rings. The second kappa shape index (κ2) is 11.3. The molecule has 1 aliphatic carbocycles. The van der Waals surface area contributed by atoms with Crippen LogP contribution in [-0.2, 0) is 25.8 Å². The molecule has 0 fully saturated rings. The van der Waals surface area contributed by atoms with E-state index >= 15 is 0 Å². The number of carbonyl (C=O) groups is 1. The Bertz CT molecular complexity index is 1040. The van der Waals surface area contributed by atoms with Crippen LogP contribution >= 0.6 is 36.2 Å². The number of hydrogen-bond donors (Lipinski definition) is 1. The van der Waals surface area contributed by atoms with Crippen molar-refractivity contribution in [3.63, 3.8) is 0 Å². The van der Waals surface area contributed by atoms with Crippen molar-refractivity contribution >= 4 is 42.1 Å². The highest BCUT2D eigenvalue weighted by Gasteiger charge is 2.32. The minimum absolute atomic E-state index is 0. The monoisotopic (exact) mass is 493 g/mol. The third-order valence-electron chi connectivity index (χ3n) is 6.05. The summed E-state index contributed by atoms with van der Waals surface area (Å²) in [6.07, 6.45) is 8.54. The lowest BCUT2D eigenvalue weighted by Gasteiger charge is -2.22. The van der Waals surface area contributed by atoms with Crippen LogP contribution in [0.15, 0.2) is 36.0 Å². The highest BCUT2D eigenvalue weighted by Crippen LogP contribution is 2.35. The first-order chi connectivity index (χ1) is 14.8. The van der Waals surface area contributed by atoms with E-state index < -0.39 is 0 Å². The maximum atomic E-state index is 13.4. The van der Waals surface area contributed by atoms with Gasteiger partial charge in [0.15, 0.2) is 0 Å². The molecule has 9 heteroatoms. The predicted octanol–water partition coefficient (Wildman–Crippen LogP) is 4.02. The maximum absolute atomic E-state index is 13.4. The van der Waals surface area contributed by atoms with Gasteiger partial charge in [-0.1, -0.05) is 6.07 Å². The van der Waals surface area contributed by atoms with E-state index in [1.807, 2.05) is 39.4 Å². The van der Waals surface area contributed by atoms with Gasteiger partial charge in [-0.25, -0.2) is 0 Å². The molecule has 0 bridgehead atoms. The molecule has 1 aliphatic heterocycles. The molecular weight excluding hydrogens is 465 g/mol. The number of nitrogens with zero attached hydrogens (tertiary/aromatic N) is 4. The number of pyridine rings is 1. The van der Waals surface area contributed by atoms with Crippen molar-refractivity contribution in [1.82, 2.24) is 25.0 Å². The van der Waals surface area contributed by atoms with E-state index in [2.05, 4.69) is 27.8 Å². The zero-order valence-corrected chi connectivity index (χ0v) is 20.4. The van der Waals surface area contributed by atoms with Crippen molar-refractivity contribution in [2.45, 2.75) is 38.6 Å². The molecule has 4 heterocycles. The zero-order chi connectivity index (χ0) is 20.3. The van der Waals surface area contributed by atoms with Gasteiger partial charge < -0.3 is 10.2 Å². The van der Waals surface area contributed by atoms with E-state index in [-0.39, 0.29) is 30.7 Å². The van der Waals surface area contributed by atoms with Crippen LogP contribution in [0.3, 0.4) is 0 Å². The number of hydrogen-bond acceptors (Lipinski definition) is 5. The molecule has 3 aromatic heterocycles. The molecule has 0 aromatic carbocycles. The van der Waals surface area contributed by atoms with Gasteiger partial charge in [-0.2, -0.15) is 5.10 Å². The molecule has 6 nitrogen and oxygen atoms in total. The molecule has 172 valence electrons. The van der Waals surface area contributed by atoms with E-state index in [1.165, 1.54) is 10.4 Å². The molecule has 0 saturated carbocycles. The molecule has 5 rings (SSSR count). The molecule has 32 heavy (non-hydrogen) atoms. The number of aryl methyl sites for hydroxylation is 2. The fraction of sp³-hybridized carbons (Fsp3) is 0.435. The van der Waals surface area contributed by atoms with E-state index in [1.54, 1.807) is 0 Å². The van der Waals surface area contributed by atoms with Gasteiger partial charge in [0.25, 0.3) is 5.91 Å². The Hall–Kier alpha value is -1.93. The summed E-state index contributed by atoms with van der Waals surface area (Å²) in [6.45, 7) is 4.35. The SMILES string of the molecule is Cl.Cl.O=C1c2c3c(nn2CCCN1CCCNCCc1cccs1)-c1ccncc1CC3. The number of amides is 1. The molecule has 0 saturated heterocycles. The lowest BCUT2D eigenvalue weighted by atomic mass is 9.90. The summed E-state index contributed by atoms with van der Waals surface area (Å²) in [5.74, 6) is 0.150. The minimum Gasteiger partial charge on any atom is -0.337 e. The Balaban J connectivity index is 0.00000144. The number of rotatable bonds is 7. The van der Waals surface area contributed by atoms with Gasteiger partial charge in [0, 0.05) is 48.0 Å².